The molecule has 41 heavy (non-hydrogen) atoms. The zero-order valence-electron chi connectivity index (χ0n) is 20.9. The van der Waals surface area contributed by atoms with E-state index in [1.54, 1.807) is 0 Å². The van der Waals surface area contributed by atoms with Crippen LogP contribution in [0.1, 0.15) is 0 Å². The summed E-state index contributed by atoms with van der Waals surface area (Å²) in [6, 6.07) is 0. The highest BCUT2D eigenvalue weighted by Crippen LogP contribution is 2.25. The first-order valence-electron chi connectivity index (χ1n) is 10.8. The first kappa shape index (κ1) is 46.5. The lowest BCUT2D eigenvalue weighted by atomic mass is 10.0. The van der Waals surface area contributed by atoms with Crippen LogP contribution in [0.3, 0.4) is 0 Å². The van der Waals surface area contributed by atoms with Gasteiger partial charge in [-0.3, -0.25) is 0 Å². The van der Waals surface area contributed by atoms with E-state index in [0.29, 0.717) is 0 Å². The van der Waals surface area contributed by atoms with Crippen molar-refractivity contribution >= 4 is 26.7 Å². The number of aldehydes is 3. The molecule has 0 aliphatic carbocycles. The fourth-order valence-corrected chi connectivity index (χ4v) is 1.85. The molecule has 0 bridgehead atoms. The summed E-state index contributed by atoms with van der Waals surface area (Å²) in [5, 5.41) is 131. The van der Waals surface area contributed by atoms with Gasteiger partial charge in [0.05, 0.1) is 19.8 Å². The van der Waals surface area contributed by atoms with E-state index in [9.17, 15) is 14.4 Å². The molecule has 12 atom stereocenters. The molecule has 0 aromatic carbocycles. The molecule has 23 heteroatoms. The van der Waals surface area contributed by atoms with Crippen LogP contribution in [0.2, 0.25) is 0 Å². The normalized spacial score (nSPS) is 20.0. The van der Waals surface area contributed by atoms with E-state index >= 15 is 0 Å². The molecule has 0 saturated carbocycles. The highest BCUT2D eigenvalue weighted by Gasteiger charge is 2.31. The highest BCUT2D eigenvalue weighted by molar-refractivity contribution is 7.45. The van der Waals surface area contributed by atoms with E-state index < -0.39 is 101 Å². The van der Waals surface area contributed by atoms with Crippen LogP contribution < -0.4 is 0 Å². The van der Waals surface area contributed by atoms with Crippen molar-refractivity contribution in [3.05, 3.63) is 0 Å². The molecule has 18 N–H and O–H groups in total. The van der Waals surface area contributed by atoms with E-state index in [4.69, 9.17) is 95.8 Å². The van der Waals surface area contributed by atoms with E-state index in [0.717, 1.165) is 0 Å². The lowest BCUT2D eigenvalue weighted by molar-refractivity contribution is -0.136. The molecule has 0 amide bonds. The van der Waals surface area contributed by atoms with Crippen LogP contribution in [-0.4, -0.2) is 203 Å². The number of hydrogen-bond donors (Lipinski definition) is 18. The minimum absolute atomic E-state index is 0.0258. The van der Waals surface area contributed by atoms with E-state index in [1.807, 2.05) is 0 Å². The van der Waals surface area contributed by atoms with Crippen molar-refractivity contribution < 1.29 is 110 Å². The monoisotopic (exact) mass is 638 g/mol. The number of aliphatic hydroxyl groups is 15. The SMILES string of the molecule is O=CC(O)C(O)C(O)C(O)CO.O=CC(O)C(O)C(O)C(O)CO.O=CC(O)C(O)C(O)C(O)CO.O=P(O)(O)O. The van der Waals surface area contributed by atoms with Gasteiger partial charge in [0.1, 0.15) is 73.2 Å². The Hall–Kier alpha value is -1.48. The van der Waals surface area contributed by atoms with Gasteiger partial charge in [0.15, 0.2) is 18.9 Å². The van der Waals surface area contributed by atoms with Crippen molar-refractivity contribution in [3.63, 3.8) is 0 Å². The summed E-state index contributed by atoms with van der Waals surface area (Å²) in [6.45, 7) is -2.28. The van der Waals surface area contributed by atoms with Crippen LogP contribution in [0.15, 0.2) is 0 Å². The van der Waals surface area contributed by atoms with Crippen LogP contribution in [-0.2, 0) is 18.9 Å². The Labute approximate surface area is 230 Å². The molecular weight excluding hydrogens is 599 g/mol. The van der Waals surface area contributed by atoms with Crippen LogP contribution >= 0.6 is 7.82 Å². The zero-order valence-corrected chi connectivity index (χ0v) is 21.8. The molecule has 0 aliphatic heterocycles. The van der Waals surface area contributed by atoms with Gasteiger partial charge < -0.3 is 106 Å². The maximum absolute atomic E-state index is 9.90. The van der Waals surface area contributed by atoms with Gasteiger partial charge in [-0.2, -0.15) is 0 Å². The summed E-state index contributed by atoms with van der Waals surface area (Å²) < 4.78 is 8.88. The molecule has 248 valence electrons. The van der Waals surface area contributed by atoms with Crippen molar-refractivity contribution in [2.45, 2.75) is 73.2 Å². The standard InChI is InChI=1S/3C6H12O6.H3O4P/c3*7-1-3(9)5(11)6(12)4(10)2-8;1-5(2,3)4/h3*1,3-6,8-12H,2H2;(H3,1,2,3,4). The van der Waals surface area contributed by atoms with Gasteiger partial charge in [0.25, 0.3) is 0 Å². The van der Waals surface area contributed by atoms with Crippen LogP contribution in [0, 0.1) is 0 Å². The first-order chi connectivity index (χ1) is 18.6. The second-order valence-corrected chi connectivity index (χ2v) is 8.61. The summed E-state index contributed by atoms with van der Waals surface area (Å²) in [5.41, 5.74) is 0. The minimum Gasteiger partial charge on any atom is -0.394 e. The summed E-state index contributed by atoms with van der Waals surface area (Å²) in [4.78, 5) is 51.3. The van der Waals surface area contributed by atoms with Gasteiger partial charge in [0.2, 0.25) is 0 Å². The van der Waals surface area contributed by atoms with Crippen LogP contribution in [0.4, 0.5) is 0 Å². The van der Waals surface area contributed by atoms with E-state index in [-0.39, 0.29) is 18.9 Å². The van der Waals surface area contributed by atoms with Crippen molar-refractivity contribution in [3.8, 4) is 0 Å². The molecule has 0 fully saturated rings. The molecular formula is C18H39O22P. The predicted molar refractivity (Wildman–Crippen MR) is 126 cm³/mol. The largest absolute Gasteiger partial charge is 0.466 e. The van der Waals surface area contributed by atoms with Crippen molar-refractivity contribution in [1.29, 1.82) is 0 Å². The molecule has 0 radical (unpaired) electrons. The predicted octanol–water partition coefficient (Wildman–Crippen LogP) is -11.1. The Balaban J connectivity index is -0.000000231. The molecule has 12 unspecified atom stereocenters. The van der Waals surface area contributed by atoms with Gasteiger partial charge in [-0.15, -0.1) is 0 Å². The number of phosphoric acid groups is 1. The Morgan fingerprint density at radius 3 is 0.659 bits per heavy atom. The number of carbonyl (C=O) groups excluding carboxylic acids is 3. The van der Waals surface area contributed by atoms with Gasteiger partial charge in [-0.25, -0.2) is 4.57 Å². The molecule has 0 saturated heterocycles. The summed E-state index contributed by atoms with van der Waals surface area (Å²) in [6.07, 6.45) is -20.5. The Morgan fingerprint density at radius 2 is 0.561 bits per heavy atom. The second kappa shape index (κ2) is 25.1. The second-order valence-electron chi connectivity index (χ2n) is 7.59. The Morgan fingerprint density at radius 1 is 0.415 bits per heavy atom. The Bertz CT molecular complexity index is 624. The van der Waals surface area contributed by atoms with Gasteiger partial charge in [-0.05, 0) is 0 Å². The summed E-state index contributed by atoms with van der Waals surface area (Å²) >= 11 is 0. The third kappa shape index (κ3) is 23.7. The fraction of sp³-hybridized carbons (Fsp3) is 0.833. The average Bonchev–Trinajstić information content (AvgIpc) is 2.95. The van der Waals surface area contributed by atoms with Gasteiger partial charge >= 0.3 is 7.82 Å². The smallest absolute Gasteiger partial charge is 0.394 e. The maximum Gasteiger partial charge on any atom is 0.466 e. The van der Waals surface area contributed by atoms with Crippen molar-refractivity contribution in [1.82, 2.24) is 0 Å². The number of rotatable bonds is 15. The molecule has 0 spiro atoms. The number of aliphatic hydroxyl groups excluding tert-OH is 15. The molecule has 0 aromatic rings. The van der Waals surface area contributed by atoms with Crippen LogP contribution in [0.5, 0.6) is 0 Å². The first-order valence-corrected chi connectivity index (χ1v) is 12.3. The van der Waals surface area contributed by atoms with Gasteiger partial charge in [0, 0.05) is 0 Å². The van der Waals surface area contributed by atoms with Crippen LogP contribution in [0.25, 0.3) is 0 Å². The third-order valence-electron chi connectivity index (χ3n) is 4.26. The summed E-state index contributed by atoms with van der Waals surface area (Å²) in [5.74, 6) is 0. The lowest BCUT2D eigenvalue weighted by Crippen LogP contribution is -2.46. The van der Waals surface area contributed by atoms with Crippen molar-refractivity contribution in [2.24, 2.45) is 0 Å². The number of hydrogen-bond acceptors (Lipinski definition) is 19. The van der Waals surface area contributed by atoms with E-state index in [1.165, 1.54) is 0 Å². The molecule has 0 heterocycles. The summed E-state index contributed by atoms with van der Waals surface area (Å²) in [7, 11) is -4.64. The fourth-order valence-electron chi connectivity index (χ4n) is 1.85. The van der Waals surface area contributed by atoms with E-state index in [2.05, 4.69) is 0 Å². The average molecular weight is 638 g/mol. The third-order valence-corrected chi connectivity index (χ3v) is 4.26. The van der Waals surface area contributed by atoms with Crippen molar-refractivity contribution in [2.75, 3.05) is 19.8 Å². The quantitative estimate of drug-likeness (QED) is 0.0584. The number of carbonyl (C=O) groups is 3. The molecule has 0 aromatic heterocycles. The molecule has 0 rings (SSSR count). The molecule has 0 aliphatic rings. The minimum atomic E-state index is -4.64. The Kier molecular flexibility index (Phi) is 28.4. The topological polar surface area (TPSA) is 432 Å². The lowest BCUT2D eigenvalue weighted by Gasteiger charge is -2.22. The maximum atomic E-state index is 9.90. The zero-order chi connectivity index (χ0) is 33.7. The van der Waals surface area contributed by atoms with Gasteiger partial charge in [-0.1, -0.05) is 0 Å². The highest BCUT2D eigenvalue weighted by atomic mass is 31.2. The molecule has 22 nitrogen and oxygen atoms in total.